The molecule has 0 aromatic heterocycles. The van der Waals surface area contributed by atoms with Gasteiger partial charge >= 0.3 is 6.09 Å². The van der Waals surface area contributed by atoms with Gasteiger partial charge in [0.1, 0.15) is 5.82 Å². The molecule has 0 spiro atoms. The van der Waals surface area contributed by atoms with Crippen molar-refractivity contribution in [1.29, 1.82) is 0 Å². The van der Waals surface area contributed by atoms with Gasteiger partial charge < -0.3 is 15.0 Å². The number of ether oxygens (including phenoxy) is 1. The minimum atomic E-state index is -0.510. The van der Waals surface area contributed by atoms with Crippen LogP contribution in [0.2, 0.25) is 0 Å². The lowest BCUT2D eigenvalue weighted by atomic mass is 10.2. The van der Waals surface area contributed by atoms with Crippen LogP contribution in [0.25, 0.3) is 0 Å². The molecule has 1 unspecified atom stereocenters. The molecule has 2 rings (SSSR count). The molecule has 5 nitrogen and oxygen atoms in total. The van der Waals surface area contributed by atoms with E-state index in [0.29, 0.717) is 25.1 Å². The number of hydrogen-bond acceptors (Lipinski definition) is 4. The van der Waals surface area contributed by atoms with Crippen molar-refractivity contribution in [1.82, 2.24) is 10.2 Å². The molecule has 2 amide bonds. The summed E-state index contributed by atoms with van der Waals surface area (Å²) in [5.41, 5.74) is 0.384. The smallest absolute Gasteiger partial charge is 0.407 e. The van der Waals surface area contributed by atoms with Crippen molar-refractivity contribution in [2.45, 2.75) is 17.4 Å². The van der Waals surface area contributed by atoms with Gasteiger partial charge in [0, 0.05) is 23.5 Å². The summed E-state index contributed by atoms with van der Waals surface area (Å²) < 4.78 is 17.6. The summed E-state index contributed by atoms with van der Waals surface area (Å²) in [6.07, 6.45) is 0.152. The lowest BCUT2D eigenvalue weighted by molar-refractivity contribution is 0.0787. The Morgan fingerprint density at radius 3 is 2.90 bits per heavy atom. The van der Waals surface area contributed by atoms with Crippen molar-refractivity contribution >= 4 is 24.6 Å². The Bertz CT molecular complexity index is 538. The van der Waals surface area contributed by atoms with E-state index in [9.17, 15) is 14.0 Å². The topological polar surface area (TPSA) is 58.6 Å². The Kier molecular flexibility index (Phi) is 4.49. The predicted octanol–water partition coefficient (Wildman–Crippen LogP) is 1.68. The van der Waals surface area contributed by atoms with Gasteiger partial charge in [-0.1, -0.05) is 0 Å². The van der Waals surface area contributed by atoms with Crippen LogP contribution in [0.1, 0.15) is 16.8 Å². The van der Waals surface area contributed by atoms with Crippen molar-refractivity contribution in [3.05, 3.63) is 29.6 Å². The Balaban J connectivity index is 2.00. The predicted molar refractivity (Wildman–Crippen MR) is 73.5 cm³/mol. The number of halogens is 1. The highest BCUT2D eigenvalue weighted by Crippen LogP contribution is 2.18. The van der Waals surface area contributed by atoms with Crippen LogP contribution in [-0.2, 0) is 4.74 Å². The fraction of sp³-hybridized carbons (Fsp3) is 0.385. The zero-order valence-electron chi connectivity index (χ0n) is 10.9. The first-order valence-electron chi connectivity index (χ1n) is 6.13. The van der Waals surface area contributed by atoms with Crippen LogP contribution in [0.5, 0.6) is 0 Å². The van der Waals surface area contributed by atoms with Crippen LogP contribution in [0.4, 0.5) is 9.18 Å². The molecule has 1 aliphatic heterocycles. The SMILES string of the molecule is COC(=O)NC1CCN(C(=O)c2ccc(F)c(S)c2)C1. The maximum atomic E-state index is 13.1. The number of nitrogens with zero attached hydrogens (tertiary/aromatic N) is 1. The number of alkyl carbamates (subject to hydrolysis) is 1. The number of carbonyl (C=O) groups excluding carboxylic acids is 2. The Morgan fingerprint density at radius 2 is 2.25 bits per heavy atom. The summed E-state index contributed by atoms with van der Waals surface area (Å²) in [4.78, 5) is 25.1. The minimum Gasteiger partial charge on any atom is -0.453 e. The van der Waals surface area contributed by atoms with E-state index in [1.807, 2.05) is 0 Å². The summed E-state index contributed by atoms with van der Waals surface area (Å²) in [5.74, 6) is -0.661. The van der Waals surface area contributed by atoms with Gasteiger partial charge in [-0.3, -0.25) is 4.79 Å². The largest absolute Gasteiger partial charge is 0.453 e. The van der Waals surface area contributed by atoms with Gasteiger partial charge in [0.2, 0.25) is 0 Å². The quantitative estimate of drug-likeness (QED) is 0.817. The summed E-state index contributed by atoms with van der Waals surface area (Å²) >= 11 is 3.96. The Labute approximate surface area is 121 Å². The third kappa shape index (κ3) is 3.22. The zero-order chi connectivity index (χ0) is 14.7. The van der Waals surface area contributed by atoms with E-state index >= 15 is 0 Å². The maximum Gasteiger partial charge on any atom is 0.407 e. The van der Waals surface area contributed by atoms with Crippen molar-refractivity contribution < 1.29 is 18.7 Å². The van der Waals surface area contributed by atoms with E-state index in [4.69, 9.17) is 0 Å². The summed E-state index contributed by atoms with van der Waals surface area (Å²) in [5, 5.41) is 2.66. The molecule has 1 aromatic carbocycles. The van der Waals surface area contributed by atoms with Gasteiger partial charge in [-0.05, 0) is 24.6 Å². The molecular formula is C13H15FN2O3S. The third-order valence-corrected chi connectivity index (χ3v) is 3.52. The number of benzene rings is 1. The van der Waals surface area contributed by atoms with Crippen LogP contribution in [0.3, 0.4) is 0 Å². The van der Waals surface area contributed by atoms with E-state index in [-0.39, 0.29) is 16.8 Å². The second-order valence-corrected chi connectivity index (χ2v) is 5.02. The van der Waals surface area contributed by atoms with E-state index in [1.165, 1.54) is 25.3 Å². The number of methoxy groups -OCH3 is 1. The number of hydrogen-bond donors (Lipinski definition) is 2. The normalized spacial score (nSPS) is 17.9. The molecule has 1 aromatic rings. The summed E-state index contributed by atoms with van der Waals surface area (Å²) in [7, 11) is 1.29. The molecule has 0 saturated carbocycles. The van der Waals surface area contributed by atoms with Crippen molar-refractivity contribution in [2.24, 2.45) is 0 Å². The van der Waals surface area contributed by atoms with Crippen molar-refractivity contribution in [3.63, 3.8) is 0 Å². The monoisotopic (exact) mass is 298 g/mol. The summed E-state index contributed by atoms with van der Waals surface area (Å²) in [6.45, 7) is 0.944. The van der Waals surface area contributed by atoms with Crippen LogP contribution in [0.15, 0.2) is 23.1 Å². The molecule has 1 aliphatic rings. The molecule has 1 atom stereocenters. The maximum absolute atomic E-state index is 13.1. The van der Waals surface area contributed by atoms with Gasteiger partial charge in [-0.2, -0.15) is 0 Å². The molecule has 1 heterocycles. The minimum absolute atomic E-state index is 0.123. The van der Waals surface area contributed by atoms with E-state index in [2.05, 4.69) is 22.7 Å². The second-order valence-electron chi connectivity index (χ2n) is 4.54. The molecule has 0 bridgehead atoms. The van der Waals surface area contributed by atoms with Crippen LogP contribution in [-0.4, -0.2) is 43.1 Å². The molecule has 1 saturated heterocycles. The first-order valence-corrected chi connectivity index (χ1v) is 6.58. The highest BCUT2D eigenvalue weighted by Gasteiger charge is 2.28. The Hall–Kier alpha value is -1.76. The lowest BCUT2D eigenvalue weighted by Gasteiger charge is -2.17. The number of rotatable bonds is 2. The van der Waals surface area contributed by atoms with Gasteiger partial charge in [-0.15, -0.1) is 12.6 Å². The van der Waals surface area contributed by atoms with Gasteiger partial charge in [0.25, 0.3) is 5.91 Å². The number of thiol groups is 1. The molecule has 108 valence electrons. The number of amides is 2. The highest BCUT2D eigenvalue weighted by molar-refractivity contribution is 7.80. The fourth-order valence-corrected chi connectivity index (χ4v) is 2.33. The van der Waals surface area contributed by atoms with Crippen molar-refractivity contribution in [3.8, 4) is 0 Å². The van der Waals surface area contributed by atoms with E-state index < -0.39 is 11.9 Å². The number of carbonyl (C=O) groups is 2. The average Bonchev–Trinajstić information content (AvgIpc) is 2.89. The van der Waals surface area contributed by atoms with Crippen LogP contribution < -0.4 is 5.32 Å². The molecule has 20 heavy (non-hydrogen) atoms. The molecule has 0 radical (unpaired) electrons. The third-order valence-electron chi connectivity index (χ3n) is 3.18. The van der Waals surface area contributed by atoms with Crippen LogP contribution in [0, 0.1) is 5.82 Å². The fourth-order valence-electron chi connectivity index (χ4n) is 2.12. The Morgan fingerprint density at radius 1 is 1.50 bits per heavy atom. The molecular weight excluding hydrogens is 283 g/mol. The zero-order valence-corrected chi connectivity index (χ0v) is 11.8. The first-order chi connectivity index (χ1) is 9.51. The standard InChI is InChI=1S/C13H15FN2O3S/c1-19-13(18)15-9-4-5-16(7-9)12(17)8-2-3-10(14)11(20)6-8/h2-3,6,9,20H,4-5,7H2,1H3,(H,15,18). The number of likely N-dealkylation sites (tertiary alicyclic amines) is 1. The van der Waals surface area contributed by atoms with Gasteiger partial charge in [-0.25, -0.2) is 9.18 Å². The molecule has 0 aliphatic carbocycles. The second kappa shape index (κ2) is 6.13. The molecule has 7 heteroatoms. The molecule has 1 fully saturated rings. The summed E-state index contributed by atoms with van der Waals surface area (Å²) in [6, 6.07) is 3.93. The van der Waals surface area contributed by atoms with E-state index in [0.717, 1.165) is 0 Å². The van der Waals surface area contributed by atoms with Gasteiger partial charge in [0.05, 0.1) is 13.2 Å². The average molecular weight is 298 g/mol. The first kappa shape index (κ1) is 14.6. The van der Waals surface area contributed by atoms with Gasteiger partial charge in [0.15, 0.2) is 0 Å². The van der Waals surface area contributed by atoms with Crippen molar-refractivity contribution in [2.75, 3.05) is 20.2 Å². The lowest BCUT2D eigenvalue weighted by Crippen LogP contribution is -2.38. The van der Waals surface area contributed by atoms with E-state index in [1.54, 1.807) is 4.90 Å². The van der Waals surface area contributed by atoms with Crippen LogP contribution >= 0.6 is 12.6 Å². The molecule has 1 N–H and O–H groups in total. The number of nitrogens with one attached hydrogen (secondary N) is 1. The highest BCUT2D eigenvalue weighted by atomic mass is 32.1.